The van der Waals surface area contributed by atoms with Gasteiger partial charge in [0.15, 0.2) is 0 Å². The third-order valence-corrected chi connectivity index (χ3v) is 7.09. The Hall–Kier alpha value is -3.20. The molecule has 1 aliphatic rings. The summed E-state index contributed by atoms with van der Waals surface area (Å²) in [6.07, 6.45) is 0. The van der Waals surface area contributed by atoms with E-state index in [2.05, 4.69) is 5.32 Å². The molecule has 0 saturated carbocycles. The standard InChI is InChI=1S/C23H20ClN3O4S/c24-18-10-12-19(13-11-18)32(30,31)26(14-17-6-2-1-3-7-17)16-23(29)27-15-22(28)25-20-8-4-5-9-21(20)27/h1-13H,14-16H2,(H,25,28). The zero-order valence-corrected chi connectivity index (χ0v) is 18.5. The Labute approximate surface area is 191 Å². The highest BCUT2D eigenvalue weighted by Gasteiger charge is 2.32. The molecular weight excluding hydrogens is 450 g/mol. The highest BCUT2D eigenvalue weighted by Crippen LogP contribution is 2.29. The highest BCUT2D eigenvalue weighted by atomic mass is 35.5. The lowest BCUT2D eigenvalue weighted by atomic mass is 10.2. The number of hydrogen-bond donors (Lipinski definition) is 1. The molecule has 0 bridgehead atoms. The number of rotatable bonds is 6. The van der Waals surface area contributed by atoms with Crippen LogP contribution in [0.3, 0.4) is 0 Å². The van der Waals surface area contributed by atoms with Gasteiger partial charge in [0.2, 0.25) is 21.8 Å². The van der Waals surface area contributed by atoms with Gasteiger partial charge in [0.05, 0.1) is 22.8 Å². The summed E-state index contributed by atoms with van der Waals surface area (Å²) < 4.78 is 27.9. The number of carbonyl (C=O) groups is 2. The number of nitrogens with one attached hydrogen (secondary N) is 1. The summed E-state index contributed by atoms with van der Waals surface area (Å²) >= 11 is 5.91. The van der Waals surface area contributed by atoms with E-state index in [1.807, 2.05) is 6.07 Å². The molecule has 32 heavy (non-hydrogen) atoms. The van der Waals surface area contributed by atoms with E-state index < -0.39 is 22.5 Å². The Morgan fingerprint density at radius 1 is 0.969 bits per heavy atom. The SMILES string of the molecule is O=C1CN(C(=O)CN(Cc2ccccc2)S(=O)(=O)c2ccc(Cl)cc2)c2ccccc2N1. The van der Waals surface area contributed by atoms with Crippen LogP contribution in [0.15, 0.2) is 83.8 Å². The van der Waals surface area contributed by atoms with E-state index in [-0.39, 0.29) is 23.9 Å². The zero-order chi connectivity index (χ0) is 22.7. The van der Waals surface area contributed by atoms with Crippen LogP contribution in [0.25, 0.3) is 0 Å². The van der Waals surface area contributed by atoms with Crippen molar-refractivity contribution in [3.63, 3.8) is 0 Å². The number of fused-ring (bicyclic) bond motifs is 1. The van der Waals surface area contributed by atoms with Gasteiger partial charge in [-0.2, -0.15) is 4.31 Å². The lowest BCUT2D eigenvalue weighted by Crippen LogP contribution is -2.47. The minimum Gasteiger partial charge on any atom is -0.323 e. The van der Waals surface area contributed by atoms with E-state index in [0.717, 1.165) is 9.87 Å². The van der Waals surface area contributed by atoms with E-state index in [9.17, 15) is 18.0 Å². The lowest BCUT2D eigenvalue weighted by molar-refractivity contribution is -0.122. The molecular formula is C23H20ClN3O4S. The van der Waals surface area contributed by atoms with E-state index >= 15 is 0 Å². The van der Waals surface area contributed by atoms with Crippen LogP contribution < -0.4 is 10.2 Å². The van der Waals surface area contributed by atoms with Crippen LogP contribution in [0, 0.1) is 0 Å². The summed E-state index contributed by atoms with van der Waals surface area (Å²) in [5.74, 6) is -0.840. The molecule has 1 aliphatic heterocycles. The van der Waals surface area contributed by atoms with Crippen molar-refractivity contribution in [3.8, 4) is 0 Å². The Morgan fingerprint density at radius 3 is 2.34 bits per heavy atom. The van der Waals surface area contributed by atoms with Gasteiger partial charge in [0.25, 0.3) is 0 Å². The number of anilines is 2. The second kappa shape index (κ2) is 9.12. The molecule has 0 saturated heterocycles. The largest absolute Gasteiger partial charge is 0.323 e. The molecule has 3 aromatic carbocycles. The van der Waals surface area contributed by atoms with E-state index in [4.69, 9.17) is 11.6 Å². The summed E-state index contributed by atoms with van der Waals surface area (Å²) in [4.78, 5) is 26.7. The van der Waals surface area contributed by atoms with Crippen LogP contribution >= 0.6 is 11.6 Å². The average Bonchev–Trinajstić information content (AvgIpc) is 2.79. The van der Waals surface area contributed by atoms with Gasteiger partial charge in [0.1, 0.15) is 6.54 Å². The van der Waals surface area contributed by atoms with E-state index in [0.29, 0.717) is 16.4 Å². The molecule has 0 aliphatic carbocycles. The van der Waals surface area contributed by atoms with Crippen LogP contribution in [0.4, 0.5) is 11.4 Å². The molecule has 0 aromatic heterocycles. The second-order valence-electron chi connectivity index (χ2n) is 7.26. The first kappa shape index (κ1) is 22.0. The molecule has 164 valence electrons. The van der Waals surface area contributed by atoms with Crippen molar-refractivity contribution in [2.75, 3.05) is 23.3 Å². The maximum absolute atomic E-state index is 13.4. The lowest BCUT2D eigenvalue weighted by Gasteiger charge is -2.31. The molecule has 1 heterocycles. The number of para-hydroxylation sites is 2. The molecule has 2 amide bonds. The van der Waals surface area contributed by atoms with Crippen molar-refractivity contribution < 1.29 is 18.0 Å². The number of benzene rings is 3. The number of amides is 2. The average molecular weight is 470 g/mol. The highest BCUT2D eigenvalue weighted by molar-refractivity contribution is 7.89. The predicted molar refractivity (Wildman–Crippen MR) is 123 cm³/mol. The number of sulfonamides is 1. The van der Waals surface area contributed by atoms with E-state index in [1.54, 1.807) is 48.5 Å². The maximum Gasteiger partial charge on any atom is 0.244 e. The Balaban J connectivity index is 1.67. The Kier molecular flexibility index (Phi) is 6.27. The Bertz CT molecular complexity index is 1250. The quantitative estimate of drug-likeness (QED) is 0.598. The van der Waals surface area contributed by atoms with Crippen LogP contribution in [0.5, 0.6) is 0 Å². The molecule has 1 N–H and O–H groups in total. The van der Waals surface area contributed by atoms with Gasteiger partial charge in [-0.25, -0.2) is 8.42 Å². The number of halogens is 1. The molecule has 7 nitrogen and oxygen atoms in total. The fourth-order valence-electron chi connectivity index (χ4n) is 3.46. The van der Waals surface area contributed by atoms with E-state index in [1.165, 1.54) is 29.2 Å². The van der Waals surface area contributed by atoms with Crippen molar-refractivity contribution in [2.45, 2.75) is 11.4 Å². The molecule has 0 unspecified atom stereocenters. The summed E-state index contributed by atoms with van der Waals surface area (Å²) in [5.41, 5.74) is 1.77. The van der Waals surface area contributed by atoms with Gasteiger partial charge < -0.3 is 5.32 Å². The first-order valence-corrected chi connectivity index (χ1v) is 11.7. The molecule has 0 spiro atoms. The fourth-order valence-corrected chi connectivity index (χ4v) is 4.96. The minimum atomic E-state index is -4.01. The van der Waals surface area contributed by atoms with Gasteiger partial charge in [0, 0.05) is 11.6 Å². The van der Waals surface area contributed by atoms with Crippen molar-refractivity contribution >= 4 is 44.8 Å². The van der Waals surface area contributed by atoms with Crippen molar-refractivity contribution in [3.05, 3.63) is 89.4 Å². The van der Waals surface area contributed by atoms with Crippen LogP contribution in [-0.4, -0.2) is 37.6 Å². The molecule has 0 atom stereocenters. The number of nitrogens with zero attached hydrogens (tertiary/aromatic N) is 2. The summed E-state index contributed by atoms with van der Waals surface area (Å²) in [5, 5.41) is 3.13. The molecule has 9 heteroatoms. The smallest absolute Gasteiger partial charge is 0.244 e. The van der Waals surface area contributed by atoms with Gasteiger partial charge in [-0.1, -0.05) is 54.1 Å². The van der Waals surface area contributed by atoms with Crippen molar-refractivity contribution in [2.24, 2.45) is 0 Å². The summed E-state index contributed by atoms with van der Waals surface area (Å²) in [6.45, 7) is -0.614. The van der Waals surface area contributed by atoms with Crippen LogP contribution in [-0.2, 0) is 26.2 Å². The molecule has 0 fully saturated rings. The third-order valence-electron chi connectivity index (χ3n) is 5.04. The van der Waals surface area contributed by atoms with Gasteiger partial charge >= 0.3 is 0 Å². The number of hydrogen-bond acceptors (Lipinski definition) is 4. The van der Waals surface area contributed by atoms with Gasteiger partial charge in [-0.05, 0) is 42.0 Å². The number of carbonyl (C=O) groups excluding carboxylic acids is 2. The topological polar surface area (TPSA) is 86.8 Å². The summed E-state index contributed by atoms with van der Waals surface area (Å²) in [7, 11) is -4.01. The minimum absolute atomic E-state index is 0.000771. The predicted octanol–water partition coefficient (Wildman–Crippen LogP) is 3.52. The summed E-state index contributed by atoms with van der Waals surface area (Å²) in [6, 6.07) is 21.7. The first-order valence-electron chi connectivity index (χ1n) is 9.83. The van der Waals surface area contributed by atoms with Crippen molar-refractivity contribution in [1.29, 1.82) is 0 Å². The zero-order valence-electron chi connectivity index (χ0n) is 16.9. The Morgan fingerprint density at radius 2 is 1.62 bits per heavy atom. The fraction of sp³-hybridized carbons (Fsp3) is 0.130. The maximum atomic E-state index is 13.4. The van der Waals surface area contributed by atoms with Crippen molar-refractivity contribution in [1.82, 2.24) is 4.31 Å². The van der Waals surface area contributed by atoms with Gasteiger partial charge in [-0.3, -0.25) is 14.5 Å². The van der Waals surface area contributed by atoms with Crippen LogP contribution in [0.1, 0.15) is 5.56 Å². The van der Waals surface area contributed by atoms with Crippen LogP contribution in [0.2, 0.25) is 5.02 Å². The molecule has 4 rings (SSSR count). The first-order chi connectivity index (χ1) is 15.3. The van der Waals surface area contributed by atoms with Gasteiger partial charge in [-0.15, -0.1) is 0 Å². The monoisotopic (exact) mass is 469 g/mol. The second-order valence-corrected chi connectivity index (χ2v) is 9.63. The molecule has 0 radical (unpaired) electrons. The molecule has 3 aromatic rings. The third kappa shape index (κ3) is 4.67. The normalized spacial score (nSPS) is 13.6.